The molecular formula is C17H17N3O2S. The van der Waals surface area contributed by atoms with Crippen LogP contribution in [0, 0.1) is 6.92 Å². The Labute approximate surface area is 138 Å². The molecule has 0 aromatic carbocycles. The number of hydrogen-bond acceptors (Lipinski definition) is 6. The van der Waals surface area contributed by atoms with Gasteiger partial charge in [0.05, 0.1) is 11.8 Å². The van der Waals surface area contributed by atoms with E-state index in [1.807, 2.05) is 25.3 Å². The molecule has 1 aliphatic rings. The summed E-state index contributed by atoms with van der Waals surface area (Å²) in [5.41, 5.74) is 3.47. The van der Waals surface area contributed by atoms with Crippen LogP contribution in [0.2, 0.25) is 0 Å². The van der Waals surface area contributed by atoms with Gasteiger partial charge in [0, 0.05) is 23.6 Å². The fourth-order valence-corrected chi connectivity index (χ4v) is 3.93. The van der Waals surface area contributed by atoms with Gasteiger partial charge in [0.2, 0.25) is 0 Å². The molecular weight excluding hydrogens is 310 g/mol. The molecule has 3 heterocycles. The minimum atomic E-state index is 0.455. The van der Waals surface area contributed by atoms with E-state index in [0.29, 0.717) is 17.0 Å². The lowest BCUT2D eigenvalue weighted by molar-refractivity contribution is 0.462. The second kappa shape index (κ2) is 6.20. The molecule has 4 rings (SSSR count). The van der Waals surface area contributed by atoms with Gasteiger partial charge in [-0.2, -0.15) is 0 Å². The molecule has 0 bridgehead atoms. The Hall–Kier alpha value is -2.08. The van der Waals surface area contributed by atoms with E-state index < -0.39 is 0 Å². The first-order chi connectivity index (χ1) is 11.3. The number of aromatic nitrogens is 3. The van der Waals surface area contributed by atoms with Crippen molar-refractivity contribution in [3.05, 3.63) is 47.7 Å². The summed E-state index contributed by atoms with van der Waals surface area (Å²) in [4.78, 5) is 4.58. The number of furan rings is 1. The van der Waals surface area contributed by atoms with E-state index in [0.717, 1.165) is 23.5 Å². The van der Waals surface area contributed by atoms with Crippen molar-refractivity contribution >= 4 is 11.8 Å². The van der Waals surface area contributed by atoms with Crippen molar-refractivity contribution in [2.75, 3.05) is 5.75 Å². The van der Waals surface area contributed by atoms with Crippen molar-refractivity contribution in [3.8, 4) is 11.5 Å². The molecule has 23 heavy (non-hydrogen) atoms. The summed E-state index contributed by atoms with van der Waals surface area (Å²) in [6.07, 6.45) is 7.03. The van der Waals surface area contributed by atoms with Crippen molar-refractivity contribution < 1.29 is 8.83 Å². The van der Waals surface area contributed by atoms with E-state index in [1.54, 1.807) is 18.0 Å². The number of fused-ring (bicyclic) bond motifs is 1. The average Bonchev–Trinajstić information content (AvgIpc) is 3.21. The zero-order chi connectivity index (χ0) is 15.6. The molecule has 0 N–H and O–H groups in total. The van der Waals surface area contributed by atoms with Gasteiger partial charge in [-0.3, -0.25) is 4.98 Å². The second-order valence-corrected chi connectivity index (χ2v) is 6.68. The molecule has 0 fully saturated rings. The molecule has 0 amide bonds. The number of nitrogens with zero attached hydrogens (tertiary/aromatic N) is 3. The van der Waals surface area contributed by atoms with Gasteiger partial charge in [-0.1, -0.05) is 17.8 Å². The van der Waals surface area contributed by atoms with E-state index in [1.165, 1.54) is 24.1 Å². The molecule has 0 saturated carbocycles. The third kappa shape index (κ3) is 2.91. The monoisotopic (exact) mass is 327 g/mol. The molecule has 1 atom stereocenters. The number of hydrogen-bond donors (Lipinski definition) is 0. The smallest absolute Gasteiger partial charge is 0.276 e. The topological polar surface area (TPSA) is 65.0 Å². The highest BCUT2D eigenvalue weighted by atomic mass is 32.2. The maximum absolute atomic E-state index is 5.75. The summed E-state index contributed by atoms with van der Waals surface area (Å²) in [5, 5.41) is 8.85. The molecule has 6 heteroatoms. The van der Waals surface area contributed by atoms with Crippen LogP contribution in [0.5, 0.6) is 0 Å². The predicted octanol–water partition coefficient (Wildman–Crippen LogP) is 4.25. The van der Waals surface area contributed by atoms with Crippen LogP contribution in [0.4, 0.5) is 0 Å². The van der Waals surface area contributed by atoms with Gasteiger partial charge in [-0.05, 0) is 43.9 Å². The van der Waals surface area contributed by atoms with Gasteiger partial charge < -0.3 is 8.83 Å². The Bertz CT molecular complexity index is 812. The van der Waals surface area contributed by atoms with Crippen LogP contribution in [0.3, 0.4) is 0 Å². The van der Waals surface area contributed by atoms with Gasteiger partial charge in [-0.15, -0.1) is 10.2 Å². The van der Waals surface area contributed by atoms with Crippen LogP contribution in [0.25, 0.3) is 11.5 Å². The number of thioether (sulfide) groups is 1. The largest absolute Gasteiger partial charge is 0.469 e. The van der Waals surface area contributed by atoms with Crippen LogP contribution in [-0.2, 0) is 6.42 Å². The maximum atomic E-state index is 5.75. The Morgan fingerprint density at radius 2 is 2.26 bits per heavy atom. The fourth-order valence-electron chi connectivity index (χ4n) is 3.02. The van der Waals surface area contributed by atoms with E-state index in [9.17, 15) is 0 Å². The van der Waals surface area contributed by atoms with Crippen molar-refractivity contribution in [1.82, 2.24) is 15.2 Å². The van der Waals surface area contributed by atoms with Crippen LogP contribution < -0.4 is 0 Å². The summed E-state index contributed by atoms with van der Waals surface area (Å²) in [6.45, 7) is 1.89. The lowest BCUT2D eigenvalue weighted by Gasteiger charge is -2.23. The van der Waals surface area contributed by atoms with Gasteiger partial charge in [0.25, 0.3) is 11.1 Å². The van der Waals surface area contributed by atoms with E-state index in [2.05, 4.69) is 21.2 Å². The van der Waals surface area contributed by atoms with Crippen molar-refractivity contribution in [2.45, 2.75) is 37.3 Å². The molecule has 5 nitrogen and oxygen atoms in total. The first-order valence-corrected chi connectivity index (χ1v) is 8.74. The van der Waals surface area contributed by atoms with E-state index >= 15 is 0 Å². The average molecular weight is 327 g/mol. The van der Waals surface area contributed by atoms with Gasteiger partial charge in [-0.25, -0.2) is 0 Å². The molecule has 1 aliphatic carbocycles. The number of pyridine rings is 1. The Morgan fingerprint density at radius 1 is 1.30 bits per heavy atom. The van der Waals surface area contributed by atoms with E-state index in [4.69, 9.17) is 8.83 Å². The Kier molecular flexibility index (Phi) is 3.91. The molecule has 1 unspecified atom stereocenters. The highest BCUT2D eigenvalue weighted by Crippen LogP contribution is 2.35. The van der Waals surface area contributed by atoms with Crippen molar-refractivity contribution in [2.24, 2.45) is 0 Å². The Morgan fingerprint density at radius 3 is 3.13 bits per heavy atom. The highest BCUT2D eigenvalue weighted by Gasteiger charge is 2.22. The van der Waals surface area contributed by atoms with Crippen molar-refractivity contribution in [1.29, 1.82) is 0 Å². The zero-order valence-corrected chi connectivity index (χ0v) is 13.7. The first-order valence-electron chi connectivity index (χ1n) is 7.76. The summed E-state index contributed by atoms with van der Waals surface area (Å²) in [5.74, 6) is 2.67. The normalized spacial score (nSPS) is 17.2. The van der Waals surface area contributed by atoms with Gasteiger partial charge in [0.1, 0.15) is 5.76 Å². The lowest BCUT2D eigenvalue weighted by Crippen LogP contribution is -2.13. The quantitative estimate of drug-likeness (QED) is 0.668. The van der Waals surface area contributed by atoms with Gasteiger partial charge >= 0.3 is 0 Å². The van der Waals surface area contributed by atoms with Crippen LogP contribution in [-0.4, -0.2) is 20.9 Å². The van der Waals surface area contributed by atoms with Gasteiger partial charge in [0.15, 0.2) is 0 Å². The minimum Gasteiger partial charge on any atom is -0.469 e. The lowest BCUT2D eigenvalue weighted by atomic mass is 9.88. The molecule has 3 aromatic rings. The minimum absolute atomic E-state index is 0.455. The molecule has 118 valence electrons. The highest BCUT2D eigenvalue weighted by molar-refractivity contribution is 7.99. The van der Waals surface area contributed by atoms with Crippen LogP contribution in [0.1, 0.15) is 35.8 Å². The maximum Gasteiger partial charge on any atom is 0.276 e. The molecule has 0 aliphatic heterocycles. The summed E-state index contributed by atoms with van der Waals surface area (Å²) >= 11 is 1.60. The summed E-state index contributed by atoms with van der Waals surface area (Å²) in [7, 11) is 0. The SMILES string of the molecule is Cc1occc1-c1nnc(SCC2CCCc3cccnc32)o1. The molecule has 0 saturated heterocycles. The van der Waals surface area contributed by atoms with Crippen LogP contribution >= 0.6 is 11.8 Å². The third-order valence-electron chi connectivity index (χ3n) is 4.22. The second-order valence-electron chi connectivity index (χ2n) is 5.71. The first kappa shape index (κ1) is 14.5. The number of rotatable bonds is 4. The third-order valence-corrected chi connectivity index (χ3v) is 5.20. The standard InChI is InChI=1S/C17H17N3O2S/c1-11-14(7-9-21-11)16-19-20-17(22-16)23-10-13-5-2-4-12-6-3-8-18-15(12)13/h3,6-9,13H,2,4-5,10H2,1H3. The summed E-state index contributed by atoms with van der Waals surface area (Å²) in [6, 6.07) is 6.05. The predicted molar refractivity (Wildman–Crippen MR) is 87.4 cm³/mol. The van der Waals surface area contributed by atoms with E-state index in [-0.39, 0.29) is 0 Å². The van der Waals surface area contributed by atoms with Crippen LogP contribution in [0.15, 0.2) is 44.7 Å². The molecule has 0 radical (unpaired) electrons. The molecule has 3 aromatic heterocycles. The molecule has 0 spiro atoms. The van der Waals surface area contributed by atoms with Crippen molar-refractivity contribution in [3.63, 3.8) is 0 Å². The zero-order valence-electron chi connectivity index (χ0n) is 12.9. The number of aryl methyl sites for hydroxylation is 2. The fraction of sp³-hybridized carbons (Fsp3) is 0.353. The Balaban J connectivity index is 1.46. The summed E-state index contributed by atoms with van der Waals surface area (Å²) < 4.78 is 11.0.